The van der Waals surface area contributed by atoms with E-state index in [4.69, 9.17) is 16.7 Å². The number of aliphatic carboxylic acids is 1. The molecule has 0 radical (unpaired) electrons. The van der Waals surface area contributed by atoms with Crippen LogP contribution in [-0.4, -0.2) is 17.0 Å². The Labute approximate surface area is 114 Å². The zero-order valence-corrected chi connectivity index (χ0v) is 11.8. The first-order valence-corrected chi connectivity index (χ1v) is 6.62. The molecule has 0 aliphatic rings. The highest BCUT2D eigenvalue weighted by molar-refractivity contribution is 6.17. The molecule has 0 saturated heterocycles. The lowest BCUT2D eigenvalue weighted by molar-refractivity contribution is -0.130. The van der Waals surface area contributed by atoms with Gasteiger partial charge in [0.15, 0.2) is 0 Å². The molecule has 0 saturated carbocycles. The number of alkyl halides is 1. The second-order valence-corrected chi connectivity index (χ2v) is 4.37. The van der Waals surface area contributed by atoms with E-state index in [1.54, 1.807) is 12.1 Å². The van der Waals surface area contributed by atoms with Crippen molar-refractivity contribution in [3.8, 4) is 0 Å². The van der Waals surface area contributed by atoms with Crippen molar-refractivity contribution in [2.24, 2.45) is 0 Å². The molecule has 0 heterocycles. The summed E-state index contributed by atoms with van der Waals surface area (Å²) in [6.45, 7) is 7.52. The Bertz CT molecular complexity index is 382. The summed E-state index contributed by atoms with van der Waals surface area (Å²) < 4.78 is 0. The fraction of sp³-hybridized carbons (Fsp3) is 0.400. The van der Waals surface area contributed by atoms with Crippen LogP contribution in [0.2, 0.25) is 0 Å². The van der Waals surface area contributed by atoms with Crippen LogP contribution in [0.25, 0.3) is 5.57 Å². The van der Waals surface area contributed by atoms with Crippen molar-refractivity contribution in [1.29, 1.82) is 0 Å². The Hall–Kier alpha value is -1.28. The van der Waals surface area contributed by atoms with Crippen LogP contribution in [0.15, 0.2) is 30.8 Å². The number of halogens is 1. The van der Waals surface area contributed by atoms with Gasteiger partial charge in [-0.2, -0.15) is 0 Å². The van der Waals surface area contributed by atoms with Gasteiger partial charge in [0.25, 0.3) is 0 Å². The van der Waals surface area contributed by atoms with E-state index in [0.29, 0.717) is 5.56 Å². The molecule has 0 aliphatic heterocycles. The number of benzene rings is 1. The molecule has 18 heavy (non-hydrogen) atoms. The Morgan fingerprint density at radius 2 is 1.94 bits per heavy atom. The highest BCUT2D eigenvalue weighted by Crippen LogP contribution is 2.16. The van der Waals surface area contributed by atoms with Gasteiger partial charge in [0.05, 0.1) is 5.57 Å². The molecular weight excluding hydrogens is 248 g/mol. The summed E-state index contributed by atoms with van der Waals surface area (Å²) in [5.41, 5.74) is 1.78. The first-order valence-electron chi connectivity index (χ1n) is 6.08. The van der Waals surface area contributed by atoms with Crippen molar-refractivity contribution >= 4 is 23.1 Å². The van der Waals surface area contributed by atoms with Gasteiger partial charge in [0, 0.05) is 5.88 Å². The molecule has 1 aromatic rings. The summed E-state index contributed by atoms with van der Waals surface area (Å²) in [7, 11) is 0. The molecule has 1 N–H and O–H groups in total. The molecule has 100 valence electrons. The van der Waals surface area contributed by atoms with Crippen LogP contribution in [0.4, 0.5) is 0 Å². The quantitative estimate of drug-likeness (QED) is 0.485. The number of carboxylic acids is 1. The summed E-state index contributed by atoms with van der Waals surface area (Å²) in [6.07, 6.45) is 3.73. The maximum Gasteiger partial charge on any atom is 0.335 e. The van der Waals surface area contributed by atoms with Crippen LogP contribution in [0.5, 0.6) is 0 Å². The average Bonchev–Trinajstić information content (AvgIpc) is 2.36. The smallest absolute Gasteiger partial charge is 0.335 e. The third kappa shape index (κ3) is 6.45. The predicted molar refractivity (Wildman–Crippen MR) is 78.1 cm³/mol. The van der Waals surface area contributed by atoms with Gasteiger partial charge in [-0.05, 0) is 24.5 Å². The molecule has 1 rings (SSSR count). The van der Waals surface area contributed by atoms with Crippen molar-refractivity contribution in [2.45, 2.75) is 33.1 Å². The molecule has 0 aromatic heterocycles. The van der Waals surface area contributed by atoms with Crippen LogP contribution >= 0.6 is 11.6 Å². The fourth-order valence-corrected chi connectivity index (χ4v) is 1.56. The van der Waals surface area contributed by atoms with Crippen molar-refractivity contribution in [3.63, 3.8) is 0 Å². The lowest BCUT2D eigenvalue weighted by Gasteiger charge is -2.03. The monoisotopic (exact) mass is 268 g/mol. The topological polar surface area (TPSA) is 37.3 Å². The zero-order chi connectivity index (χ0) is 14.0. The number of rotatable bonds is 5. The Morgan fingerprint density at radius 1 is 1.33 bits per heavy atom. The maximum absolute atomic E-state index is 10.6. The molecule has 3 heteroatoms. The Kier molecular flexibility index (Phi) is 9.03. The summed E-state index contributed by atoms with van der Waals surface area (Å²) in [6, 6.07) is 7.29. The molecule has 0 atom stereocenters. The van der Waals surface area contributed by atoms with E-state index in [2.05, 4.69) is 13.5 Å². The SMILES string of the molecule is C=C(C(=O)O)c1ccccc1C.CCCCCCl. The summed E-state index contributed by atoms with van der Waals surface area (Å²) in [5.74, 6) is -0.141. The third-order valence-corrected chi connectivity index (χ3v) is 2.73. The number of carboxylic acid groups (broad SMARTS) is 1. The number of aryl methyl sites for hydroxylation is 1. The van der Waals surface area contributed by atoms with E-state index < -0.39 is 5.97 Å². The van der Waals surface area contributed by atoms with Crippen molar-refractivity contribution in [2.75, 3.05) is 5.88 Å². The van der Waals surface area contributed by atoms with Crippen LogP contribution in [0.3, 0.4) is 0 Å². The average molecular weight is 269 g/mol. The lowest BCUT2D eigenvalue weighted by atomic mass is 10.0. The molecule has 0 aliphatic carbocycles. The summed E-state index contributed by atoms with van der Waals surface area (Å²) >= 11 is 5.38. The van der Waals surface area contributed by atoms with Gasteiger partial charge in [0.1, 0.15) is 0 Å². The van der Waals surface area contributed by atoms with Crippen molar-refractivity contribution in [1.82, 2.24) is 0 Å². The zero-order valence-electron chi connectivity index (χ0n) is 11.1. The first-order chi connectivity index (χ1) is 8.54. The second-order valence-electron chi connectivity index (χ2n) is 3.99. The maximum atomic E-state index is 10.6. The Morgan fingerprint density at radius 3 is 2.33 bits per heavy atom. The summed E-state index contributed by atoms with van der Waals surface area (Å²) in [5, 5.41) is 8.66. The lowest BCUT2D eigenvalue weighted by Crippen LogP contribution is -1.99. The van der Waals surface area contributed by atoms with E-state index in [9.17, 15) is 4.79 Å². The van der Waals surface area contributed by atoms with Gasteiger partial charge >= 0.3 is 5.97 Å². The van der Waals surface area contributed by atoms with E-state index in [0.717, 1.165) is 11.4 Å². The minimum Gasteiger partial charge on any atom is -0.478 e. The van der Waals surface area contributed by atoms with Crippen molar-refractivity contribution < 1.29 is 9.90 Å². The standard InChI is InChI=1S/C10H10O2.C5H11Cl/c1-7-5-3-4-6-9(7)8(2)10(11)12;1-2-3-4-5-6/h3-6H,2H2,1H3,(H,11,12);2-5H2,1H3. The number of hydrogen-bond acceptors (Lipinski definition) is 1. The molecule has 1 aromatic carbocycles. The van der Waals surface area contributed by atoms with Gasteiger partial charge < -0.3 is 5.11 Å². The predicted octanol–water partition coefficient (Wildman–Crippen LogP) is 4.51. The van der Waals surface area contributed by atoms with Gasteiger partial charge in [-0.1, -0.05) is 50.6 Å². The van der Waals surface area contributed by atoms with E-state index in [1.807, 2.05) is 19.1 Å². The first kappa shape index (κ1) is 16.7. The van der Waals surface area contributed by atoms with Crippen LogP contribution in [0, 0.1) is 6.92 Å². The minimum absolute atomic E-state index is 0.146. The molecule has 0 bridgehead atoms. The molecular formula is C15H21ClO2. The van der Waals surface area contributed by atoms with Crippen molar-refractivity contribution in [3.05, 3.63) is 42.0 Å². The van der Waals surface area contributed by atoms with Gasteiger partial charge in [-0.25, -0.2) is 4.79 Å². The second kappa shape index (κ2) is 9.72. The van der Waals surface area contributed by atoms with Gasteiger partial charge in [-0.15, -0.1) is 11.6 Å². The number of carbonyl (C=O) groups is 1. The van der Waals surface area contributed by atoms with E-state index in [-0.39, 0.29) is 5.57 Å². The van der Waals surface area contributed by atoms with Crippen LogP contribution < -0.4 is 0 Å². The Balaban J connectivity index is 0.000000411. The third-order valence-electron chi connectivity index (χ3n) is 2.47. The van der Waals surface area contributed by atoms with E-state index in [1.165, 1.54) is 19.3 Å². The molecule has 0 spiro atoms. The van der Waals surface area contributed by atoms with Gasteiger partial charge in [0.2, 0.25) is 0 Å². The number of hydrogen-bond donors (Lipinski definition) is 1. The number of unbranched alkanes of at least 4 members (excludes halogenated alkanes) is 2. The normalized spacial score (nSPS) is 9.28. The fourth-order valence-electron chi connectivity index (χ4n) is 1.37. The highest BCUT2D eigenvalue weighted by atomic mass is 35.5. The largest absolute Gasteiger partial charge is 0.478 e. The molecule has 0 unspecified atom stereocenters. The minimum atomic E-state index is -0.968. The van der Waals surface area contributed by atoms with Gasteiger partial charge in [-0.3, -0.25) is 0 Å². The summed E-state index contributed by atoms with van der Waals surface area (Å²) in [4.78, 5) is 10.6. The van der Waals surface area contributed by atoms with E-state index >= 15 is 0 Å². The van der Waals surface area contributed by atoms with Crippen LogP contribution in [0.1, 0.15) is 37.3 Å². The van der Waals surface area contributed by atoms with Crippen LogP contribution in [-0.2, 0) is 4.79 Å². The molecule has 2 nitrogen and oxygen atoms in total. The highest BCUT2D eigenvalue weighted by Gasteiger charge is 2.08. The molecule has 0 fully saturated rings. The molecule has 0 amide bonds.